The van der Waals surface area contributed by atoms with E-state index in [-0.39, 0.29) is 23.2 Å². The van der Waals surface area contributed by atoms with E-state index in [9.17, 15) is 24.5 Å². The standard InChI is InChI=1S/C21H24N4O7/c1-5-6-15(24-20(29)32-21(2,3)4)16-9-12(10-18(26)23-16)14-8-7-13(22-19(27)28)11-17(14)25(30)31/h5,7-11,15,22H,1,6H2,2-4H3,(H,23,26)(H,24,29)(H,27,28). The largest absolute Gasteiger partial charge is 0.465 e. The Kier molecular flexibility index (Phi) is 7.37. The average Bonchev–Trinajstić information content (AvgIpc) is 2.65. The molecular formula is C21H24N4O7. The highest BCUT2D eigenvalue weighted by atomic mass is 16.6. The quantitative estimate of drug-likeness (QED) is 0.282. The zero-order valence-corrected chi connectivity index (χ0v) is 17.8. The van der Waals surface area contributed by atoms with Gasteiger partial charge >= 0.3 is 12.2 Å². The number of carbonyl (C=O) groups is 2. The number of nitrogens with zero attached hydrogens (tertiary/aromatic N) is 1. The number of anilines is 1. The zero-order chi connectivity index (χ0) is 24.1. The molecule has 4 N–H and O–H groups in total. The van der Waals surface area contributed by atoms with E-state index in [0.717, 1.165) is 6.07 Å². The van der Waals surface area contributed by atoms with E-state index in [0.29, 0.717) is 5.69 Å². The molecule has 11 heteroatoms. The van der Waals surface area contributed by atoms with E-state index < -0.39 is 40.0 Å². The van der Waals surface area contributed by atoms with Crippen LogP contribution in [0.5, 0.6) is 0 Å². The van der Waals surface area contributed by atoms with Crippen LogP contribution >= 0.6 is 0 Å². The molecule has 0 spiro atoms. The van der Waals surface area contributed by atoms with Crippen molar-refractivity contribution in [2.24, 2.45) is 0 Å². The highest BCUT2D eigenvalue weighted by molar-refractivity contribution is 5.85. The Labute approximate surface area is 183 Å². The zero-order valence-electron chi connectivity index (χ0n) is 17.8. The molecule has 2 amide bonds. The number of H-pyrrole nitrogens is 1. The second kappa shape index (κ2) is 9.77. The number of hydrogen-bond acceptors (Lipinski definition) is 6. The van der Waals surface area contributed by atoms with E-state index in [4.69, 9.17) is 9.84 Å². The van der Waals surface area contributed by atoms with Gasteiger partial charge in [-0.25, -0.2) is 9.59 Å². The van der Waals surface area contributed by atoms with Crippen molar-refractivity contribution < 1.29 is 24.4 Å². The summed E-state index contributed by atoms with van der Waals surface area (Å²) in [6.07, 6.45) is -0.277. The van der Waals surface area contributed by atoms with Crippen LogP contribution in [0.3, 0.4) is 0 Å². The lowest BCUT2D eigenvalue weighted by atomic mass is 10.0. The Hall–Kier alpha value is -4.15. The number of aromatic amines is 1. The first-order valence-electron chi connectivity index (χ1n) is 9.53. The molecule has 170 valence electrons. The first kappa shape index (κ1) is 24.1. The van der Waals surface area contributed by atoms with Crippen LogP contribution in [-0.2, 0) is 4.74 Å². The molecule has 0 radical (unpaired) electrons. The van der Waals surface area contributed by atoms with Crippen LogP contribution in [0, 0.1) is 10.1 Å². The highest BCUT2D eigenvalue weighted by Crippen LogP contribution is 2.33. The van der Waals surface area contributed by atoms with Gasteiger partial charge in [0, 0.05) is 17.8 Å². The summed E-state index contributed by atoms with van der Waals surface area (Å²) in [6.45, 7) is 8.78. The molecule has 0 bridgehead atoms. The van der Waals surface area contributed by atoms with Crippen molar-refractivity contribution in [2.75, 3.05) is 5.32 Å². The number of nitro groups is 1. The number of aromatic nitrogens is 1. The molecule has 2 rings (SSSR count). The van der Waals surface area contributed by atoms with Crippen LogP contribution in [0.15, 0.2) is 47.8 Å². The molecule has 11 nitrogen and oxygen atoms in total. The molecule has 0 aliphatic carbocycles. The van der Waals surface area contributed by atoms with Crippen molar-refractivity contribution in [3.05, 3.63) is 69.1 Å². The van der Waals surface area contributed by atoms with Gasteiger partial charge in [0.15, 0.2) is 0 Å². The maximum Gasteiger partial charge on any atom is 0.409 e. The molecular weight excluding hydrogens is 420 g/mol. The van der Waals surface area contributed by atoms with Crippen molar-refractivity contribution in [1.29, 1.82) is 0 Å². The maximum atomic E-state index is 12.3. The van der Waals surface area contributed by atoms with E-state index in [1.165, 1.54) is 24.3 Å². The molecule has 1 aromatic heterocycles. The van der Waals surface area contributed by atoms with Crippen LogP contribution in [0.2, 0.25) is 0 Å². The minimum Gasteiger partial charge on any atom is -0.465 e. The molecule has 32 heavy (non-hydrogen) atoms. The van der Waals surface area contributed by atoms with Crippen LogP contribution < -0.4 is 16.2 Å². The van der Waals surface area contributed by atoms with Gasteiger partial charge in [-0.1, -0.05) is 6.08 Å². The van der Waals surface area contributed by atoms with Crippen LogP contribution in [-0.4, -0.2) is 32.8 Å². The van der Waals surface area contributed by atoms with Crippen LogP contribution in [0.25, 0.3) is 11.1 Å². The summed E-state index contributed by atoms with van der Waals surface area (Å²) >= 11 is 0. The van der Waals surface area contributed by atoms with E-state index in [1.54, 1.807) is 26.8 Å². The topological polar surface area (TPSA) is 164 Å². The predicted octanol–water partition coefficient (Wildman–Crippen LogP) is 4.18. The maximum absolute atomic E-state index is 12.3. The third-order valence-corrected chi connectivity index (χ3v) is 4.09. The third-order valence-electron chi connectivity index (χ3n) is 4.09. The summed E-state index contributed by atoms with van der Waals surface area (Å²) < 4.78 is 5.26. The molecule has 1 unspecified atom stereocenters. The number of nitro benzene ring substituents is 1. The normalized spacial score (nSPS) is 11.8. The summed E-state index contributed by atoms with van der Waals surface area (Å²) in [5, 5.41) is 25.1. The number of amides is 2. The highest BCUT2D eigenvalue weighted by Gasteiger charge is 2.23. The molecule has 1 aromatic carbocycles. The fourth-order valence-electron chi connectivity index (χ4n) is 2.92. The monoisotopic (exact) mass is 444 g/mol. The summed E-state index contributed by atoms with van der Waals surface area (Å²) in [5.41, 5.74) is -1.04. The number of ether oxygens (including phenoxy) is 1. The number of carbonyl (C=O) groups excluding carboxylic acids is 1. The van der Waals surface area contributed by atoms with E-state index in [2.05, 4.69) is 16.9 Å². The van der Waals surface area contributed by atoms with Gasteiger partial charge < -0.3 is 20.1 Å². The van der Waals surface area contributed by atoms with Gasteiger partial charge in [-0.05, 0) is 51.0 Å². The molecule has 2 aromatic rings. The lowest BCUT2D eigenvalue weighted by Gasteiger charge is -2.23. The Balaban J connectivity index is 2.50. The minimum atomic E-state index is -1.37. The van der Waals surface area contributed by atoms with Gasteiger partial charge in [-0.3, -0.25) is 20.2 Å². The Morgan fingerprint density at radius 2 is 2.00 bits per heavy atom. The number of carboxylic acid groups (broad SMARTS) is 1. The van der Waals surface area contributed by atoms with Crippen LogP contribution in [0.4, 0.5) is 21.0 Å². The first-order valence-corrected chi connectivity index (χ1v) is 9.53. The second-order valence-corrected chi connectivity index (χ2v) is 7.83. The smallest absolute Gasteiger partial charge is 0.409 e. The van der Waals surface area contributed by atoms with Gasteiger partial charge in [0.2, 0.25) is 5.56 Å². The molecule has 0 fully saturated rings. The lowest BCUT2D eigenvalue weighted by molar-refractivity contribution is -0.384. The van der Waals surface area contributed by atoms with Gasteiger partial charge in [-0.15, -0.1) is 6.58 Å². The fourth-order valence-corrected chi connectivity index (χ4v) is 2.92. The molecule has 0 aliphatic heterocycles. The molecule has 1 atom stereocenters. The van der Waals surface area contributed by atoms with Crippen molar-refractivity contribution >= 4 is 23.6 Å². The Morgan fingerprint density at radius 1 is 1.31 bits per heavy atom. The van der Waals surface area contributed by atoms with Crippen molar-refractivity contribution in [3.8, 4) is 11.1 Å². The summed E-state index contributed by atoms with van der Waals surface area (Å²) in [6, 6.07) is 5.71. The number of benzene rings is 1. The van der Waals surface area contributed by atoms with Gasteiger partial charge in [0.1, 0.15) is 5.60 Å². The van der Waals surface area contributed by atoms with Gasteiger partial charge in [-0.2, -0.15) is 0 Å². The van der Waals surface area contributed by atoms with E-state index in [1.807, 2.05) is 5.32 Å². The van der Waals surface area contributed by atoms with Crippen LogP contribution in [0.1, 0.15) is 38.9 Å². The predicted molar refractivity (Wildman–Crippen MR) is 118 cm³/mol. The third kappa shape index (κ3) is 6.69. The first-order chi connectivity index (χ1) is 14.9. The SMILES string of the molecule is C=CCC(NC(=O)OC(C)(C)C)c1cc(-c2ccc(NC(=O)O)cc2[N+](=O)[O-])cc(=O)[nH]1. The summed E-state index contributed by atoms with van der Waals surface area (Å²) in [5.74, 6) is 0. The minimum absolute atomic E-state index is 0.00846. The number of rotatable bonds is 7. The summed E-state index contributed by atoms with van der Waals surface area (Å²) in [4.78, 5) is 48.9. The fraction of sp³-hybridized carbons (Fsp3) is 0.286. The molecule has 0 saturated heterocycles. The molecule has 0 aliphatic rings. The molecule has 0 saturated carbocycles. The average molecular weight is 444 g/mol. The van der Waals surface area contributed by atoms with Gasteiger partial charge in [0.25, 0.3) is 5.69 Å². The number of hydrogen-bond donors (Lipinski definition) is 4. The second-order valence-electron chi connectivity index (χ2n) is 7.83. The molecule has 1 heterocycles. The van der Waals surface area contributed by atoms with Crippen molar-refractivity contribution in [1.82, 2.24) is 10.3 Å². The van der Waals surface area contributed by atoms with Gasteiger partial charge in [0.05, 0.1) is 22.2 Å². The van der Waals surface area contributed by atoms with Crippen molar-refractivity contribution in [2.45, 2.75) is 38.8 Å². The number of alkyl carbamates (subject to hydrolysis) is 1. The lowest BCUT2D eigenvalue weighted by Crippen LogP contribution is -2.35. The Bertz CT molecular complexity index is 1100. The number of pyridine rings is 1. The van der Waals surface area contributed by atoms with E-state index >= 15 is 0 Å². The number of nitrogens with one attached hydrogen (secondary N) is 3. The van der Waals surface area contributed by atoms with Crippen molar-refractivity contribution in [3.63, 3.8) is 0 Å². The Morgan fingerprint density at radius 3 is 2.56 bits per heavy atom. The summed E-state index contributed by atoms with van der Waals surface area (Å²) in [7, 11) is 0.